The van der Waals surface area contributed by atoms with Gasteiger partial charge in [0.1, 0.15) is 0 Å². The Bertz CT molecular complexity index is 564. The number of hydrogen-bond donors (Lipinski definition) is 1. The highest BCUT2D eigenvalue weighted by Crippen LogP contribution is 2.19. The zero-order valence-electron chi connectivity index (χ0n) is 9.20. The molecule has 88 valence electrons. The van der Waals surface area contributed by atoms with Crippen LogP contribution in [0.5, 0.6) is 0 Å². The first-order valence-corrected chi connectivity index (χ1v) is 4.98. The predicted octanol–water partition coefficient (Wildman–Crippen LogP) is 0.943. The fraction of sp³-hybridized carbons (Fsp3) is 0.200. The maximum atomic E-state index is 10.6. The lowest BCUT2D eigenvalue weighted by Gasteiger charge is -2.03. The average Bonchev–Trinajstić information content (AvgIpc) is 2.77. The van der Waals surface area contributed by atoms with E-state index < -0.39 is 4.92 Å². The summed E-state index contributed by atoms with van der Waals surface area (Å²) in [6.07, 6.45) is 1.70. The van der Waals surface area contributed by atoms with Crippen molar-refractivity contribution in [2.45, 2.75) is 13.5 Å². The second-order valence-corrected chi connectivity index (χ2v) is 3.59. The third-order valence-electron chi connectivity index (χ3n) is 2.39. The fourth-order valence-corrected chi connectivity index (χ4v) is 1.52. The van der Waals surface area contributed by atoms with Crippen LogP contribution in [-0.4, -0.2) is 19.9 Å². The predicted molar refractivity (Wildman–Crippen MR) is 60.6 cm³/mol. The van der Waals surface area contributed by atoms with Gasteiger partial charge in [0.05, 0.1) is 22.5 Å². The van der Waals surface area contributed by atoms with Gasteiger partial charge in [-0.2, -0.15) is 0 Å². The van der Waals surface area contributed by atoms with Gasteiger partial charge in [-0.15, -0.1) is 5.10 Å². The van der Waals surface area contributed by atoms with Crippen LogP contribution >= 0.6 is 0 Å². The van der Waals surface area contributed by atoms with Crippen molar-refractivity contribution in [1.29, 1.82) is 0 Å². The molecule has 0 spiro atoms. The van der Waals surface area contributed by atoms with E-state index in [-0.39, 0.29) is 5.69 Å². The first-order valence-electron chi connectivity index (χ1n) is 4.98. The van der Waals surface area contributed by atoms with Crippen molar-refractivity contribution in [3.8, 4) is 5.69 Å². The van der Waals surface area contributed by atoms with Crippen molar-refractivity contribution in [1.82, 2.24) is 15.0 Å². The Morgan fingerprint density at radius 1 is 1.53 bits per heavy atom. The van der Waals surface area contributed by atoms with Gasteiger partial charge in [0.2, 0.25) is 0 Å². The van der Waals surface area contributed by atoms with Crippen LogP contribution < -0.4 is 5.73 Å². The summed E-state index contributed by atoms with van der Waals surface area (Å²) in [5.74, 6) is 0. The third kappa shape index (κ3) is 2.13. The molecule has 1 heterocycles. The van der Waals surface area contributed by atoms with Crippen molar-refractivity contribution >= 4 is 5.69 Å². The number of nitro benzene ring substituents is 1. The Hall–Kier alpha value is -2.28. The highest BCUT2D eigenvalue weighted by atomic mass is 16.6. The first kappa shape index (κ1) is 11.2. The normalized spacial score (nSPS) is 10.5. The largest absolute Gasteiger partial charge is 0.325 e. The Balaban J connectivity index is 2.42. The molecule has 1 aromatic heterocycles. The molecular weight excluding hydrogens is 222 g/mol. The molecule has 0 amide bonds. The summed E-state index contributed by atoms with van der Waals surface area (Å²) in [7, 11) is 0. The minimum Gasteiger partial charge on any atom is -0.325 e. The molecule has 0 aliphatic heterocycles. The molecule has 2 aromatic rings. The summed E-state index contributed by atoms with van der Waals surface area (Å²) < 4.78 is 1.56. The standard InChI is InChI=1S/C10H11N5O2/c1-7-4-9(15(16)17)2-3-10(7)14-6-8(5-11)12-13-14/h2-4,6H,5,11H2,1H3. The van der Waals surface area contributed by atoms with Crippen LogP contribution in [0, 0.1) is 17.0 Å². The number of nitro groups is 1. The number of hydrogen-bond acceptors (Lipinski definition) is 5. The van der Waals surface area contributed by atoms with Crippen LogP contribution in [0.25, 0.3) is 5.69 Å². The van der Waals surface area contributed by atoms with Crippen LogP contribution in [0.2, 0.25) is 0 Å². The maximum absolute atomic E-state index is 10.6. The number of nitrogens with zero attached hydrogens (tertiary/aromatic N) is 4. The van der Waals surface area contributed by atoms with Crippen LogP contribution in [0.1, 0.15) is 11.3 Å². The molecule has 1 aromatic carbocycles. The molecule has 2 rings (SSSR count). The van der Waals surface area contributed by atoms with E-state index in [2.05, 4.69) is 10.3 Å². The number of aryl methyl sites for hydroxylation is 1. The highest BCUT2D eigenvalue weighted by Gasteiger charge is 2.10. The topological polar surface area (TPSA) is 99.9 Å². The molecule has 0 atom stereocenters. The Labute approximate surface area is 97.0 Å². The molecule has 0 fully saturated rings. The van der Waals surface area contributed by atoms with E-state index in [0.29, 0.717) is 12.2 Å². The van der Waals surface area contributed by atoms with Gasteiger partial charge in [-0.25, -0.2) is 4.68 Å². The molecule has 7 heteroatoms. The number of non-ortho nitro benzene ring substituents is 1. The van der Waals surface area contributed by atoms with Crippen molar-refractivity contribution in [2.24, 2.45) is 5.73 Å². The van der Waals surface area contributed by atoms with Crippen LogP contribution in [0.4, 0.5) is 5.69 Å². The summed E-state index contributed by atoms with van der Waals surface area (Å²) >= 11 is 0. The lowest BCUT2D eigenvalue weighted by molar-refractivity contribution is -0.384. The zero-order chi connectivity index (χ0) is 12.4. The summed E-state index contributed by atoms with van der Waals surface area (Å²) in [5, 5.41) is 18.4. The first-order chi connectivity index (χ1) is 8.11. The van der Waals surface area contributed by atoms with E-state index in [4.69, 9.17) is 5.73 Å². The molecule has 0 saturated heterocycles. The highest BCUT2D eigenvalue weighted by molar-refractivity contribution is 5.47. The van der Waals surface area contributed by atoms with Crippen molar-refractivity contribution < 1.29 is 4.92 Å². The van der Waals surface area contributed by atoms with Gasteiger partial charge in [-0.1, -0.05) is 5.21 Å². The van der Waals surface area contributed by atoms with E-state index in [0.717, 1.165) is 11.3 Å². The van der Waals surface area contributed by atoms with E-state index in [1.807, 2.05) is 0 Å². The Kier molecular flexibility index (Phi) is 2.84. The molecule has 7 nitrogen and oxygen atoms in total. The number of aromatic nitrogens is 3. The molecule has 0 unspecified atom stereocenters. The summed E-state index contributed by atoms with van der Waals surface area (Å²) in [6.45, 7) is 2.10. The molecule has 0 bridgehead atoms. The lowest BCUT2D eigenvalue weighted by Crippen LogP contribution is -1.99. The minimum atomic E-state index is -0.427. The molecule has 0 radical (unpaired) electrons. The maximum Gasteiger partial charge on any atom is 0.269 e. The zero-order valence-corrected chi connectivity index (χ0v) is 9.20. The summed E-state index contributed by atoms with van der Waals surface area (Å²) in [4.78, 5) is 10.2. The molecule has 0 saturated carbocycles. The van der Waals surface area contributed by atoms with Gasteiger partial charge >= 0.3 is 0 Å². The molecular formula is C10H11N5O2. The Morgan fingerprint density at radius 2 is 2.29 bits per heavy atom. The van der Waals surface area contributed by atoms with Gasteiger partial charge in [0, 0.05) is 18.7 Å². The molecule has 17 heavy (non-hydrogen) atoms. The van der Waals surface area contributed by atoms with Crippen molar-refractivity contribution in [3.05, 3.63) is 45.8 Å². The van der Waals surface area contributed by atoms with E-state index in [1.54, 1.807) is 23.9 Å². The average molecular weight is 233 g/mol. The fourth-order valence-electron chi connectivity index (χ4n) is 1.52. The SMILES string of the molecule is Cc1cc([N+](=O)[O-])ccc1-n1cc(CN)nn1. The summed E-state index contributed by atoms with van der Waals surface area (Å²) in [5.41, 5.74) is 7.68. The minimum absolute atomic E-state index is 0.0606. The Morgan fingerprint density at radius 3 is 2.82 bits per heavy atom. The second kappa shape index (κ2) is 4.30. The number of rotatable bonds is 3. The quantitative estimate of drug-likeness (QED) is 0.628. The van der Waals surface area contributed by atoms with Crippen molar-refractivity contribution in [2.75, 3.05) is 0 Å². The van der Waals surface area contributed by atoms with Gasteiger partial charge in [0.15, 0.2) is 0 Å². The molecule has 0 aliphatic carbocycles. The monoisotopic (exact) mass is 233 g/mol. The van der Waals surface area contributed by atoms with Gasteiger partial charge in [-0.3, -0.25) is 10.1 Å². The van der Waals surface area contributed by atoms with Gasteiger partial charge in [0.25, 0.3) is 5.69 Å². The van der Waals surface area contributed by atoms with E-state index in [9.17, 15) is 10.1 Å². The van der Waals surface area contributed by atoms with Gasteiger partial charge < -0.3 is 5.73 Å². The lowest BCUT2D eigenvalue weighted by atomic mass is 10.2. The number of nitrogens with two attached hydrogens (primary N) is 1. The smallest absolute Gasteiger partial charge is 0.269 e. The van der Waals surface area contributed by atoms with Crippen LogP contribution in [-0.2, 0) is 6.54 Å². The van der Waals surface area contributed by atoms with Gasteiger partial charge in [-0.05, 0) is 18.6 Å². The van der Waals surface area contributed by atoms with Crippen LogP contribution in [0.3, 0.4) is 0 Å². The van der Waals surface area contributed by atoms with Crippen molar-refractivity contribution in [3.63, 3.8) is 0 Å². The van der Waals surface area contributed by atoms with E-state index in [1.165, 1.54) is 12.1 Å². The third-order valence-corrected chi connectivity index (χ3v) is 2.39. The molecule has 0 aliphatic rings. The summed E-state index contributed by atoms with van der Waals surface area (Å²) in [6, 6.07) is 4.58. The van der Waals surface area contributed by atoms with Crippen LogP contribution in [0.15, 0.2) is 24.4 Å². The molecule has 2 N–H and O–H groups in total. The second-order valence-electron chi connectivity index (χ2n) is 3.59. The number of benzene rings is 1. The van der Waals surface area contributed by atoms with E-state index >= 15 is 0 Å².